The van der Waals surface area contributed by atoms with Crippen LogP contribution in [0.1, 0.15) is 150 Å². The predicted molar refractivity (Wildman–Crippen MR) is 277 cm³/mol. The van der Waals surface area contributed by atoms with Gasteiger partial charge in [0.25, 0.3) is 0 Å². The van der Waals surface area contributed by atoms with Crippen LogP contribution < -0.4 is 0 Å². The van der Waals surface area contributed by atoms with Crippen molar-refractivity contribution in [3.8, 4) is 33.8 Å². The Kier molecular flexibility index (Phi) is 17.4. The first kappa shape index (κ1) is 49.7. The maximum absolute atomic E-state index is 14.8. The Hall–Kier alpha value is -4.31. The van der Waals surface area contributed by atoms with E-state index in [0.717, 1.165) is 62.8 Å². The number of alkyl halides is 4. The number of nitrogens with zero attached hydrogens (tertiary/aromatic N) is 6. The first-order valence-electron chi connectivity index (χ1n) is 26.3. The second-order valence-electron chi connectivity index (χ2n) is 20.7. The van der Waals surface area contributed by atoms with Crippen LogP contribution in [0.25, 0.3) is 33.8 Å². The van der Waals surface area contributed by atoms with Crippen LogP contribution in [0.5, 0.6) is 0 Å². The molecule has 3 aromatic carbocycles. The highest BCUT2D eigenvalue weighted by Crippen LogP contribution is 2.42. The molecule has 0 amide bonds. The minimum Gasteiger partial charge on any atom is -0.393 e. The van der Waals surface area contributed by atoms with E-state index in [4.69, 9.17) is 23.2 Å². The van der Waals surface area contributed by atoms with Crippen LogP contribution in [0, 0.1) is 17.8 Å². The summed E-state index contributed by atoms with van der Waals surface area (Å²) < 4.78 is 36.3. The van der Waals surface area contributed by atoms with E-state index in [9.17, 15) is 13.9 Å². The summed E-state index contributed by atoms with van der Waals surface area (Å²) in [6.45, 7) is 0. The molecule has 12 rings (SSSR count). The number of halogens is 4. The highest BCUT2D eigenvalue weighted by molar-refractivity contribution is 6.40. The molecule has 3 saturated carbocycles. The minimum absolute atomic E-state index is 0.175. The third kappa shape index (κ3) is 11.9. The topological polar surface area (TPSA) is 73.7 Å². The van der Waals surface area contributed by atoms with Crippen LogP contribution in [0.4, 0.5) is 8.78 Å². The van der Waals surface area contributed by atoms with Gasteiger partial charge in [-0.15, -0.1) is 23.2 Å². The van der Waals surface area contributed by atoms with E-state index in [1.165, 1.54) is 110 Å². The molecule has 11 heteroatoms. The summed E-state index contributed by atoms with van der Waals surface area (Å²) in [5.74, 6) is 1.05. The van der Waals surface area contributed by atoms with Crippen molar-refractivity contribution in [1.29, 1.82) is 0 Å². The summed E-state index contributed by atoms with van der Waals surface area (Å²) in [4.78, 5) is 13.0. The Morgan fingerprint density at radius 2 is 0.768 bits per heavy atom. The second-order valence-corrected chi connectivity index (χ2v) is 21.5. The average Bonchev–Trinajstić information content (AvgIpc) is 4.22. The van der Waals surface area contributed by atoms with Crippen molar-refractivity contribution in [2.24, 2.45) is 17.8 Å². The van der Waals surface area contributed by atoms with E-state index >= 15 is 0 Å². The largest absolute Gasteiger partial charge is 0.393 e. The van der Waals surface area contributed by atoms with Gasteiger partial charge in [-0.1, -0.05) is 131 Å². The molecular formula is C58H72Cl2F2N6O. The summed E-state index contributed by atoms with van der Waals surface area (Å²) in [7, 11) is 0. The normalized spacial score (nSPS) is 22.1. The number of aliphatic hydroxyl groups is 1. The zero-order chi connectivity index (χ0) is 47.5. The fraction of sp³-hybridized carbons (Fsp3) is 0.534. The van der Waals surface area contributed by atoms with Gasteiger partial charge < -0.3 is 18.8 Å². The van der Waals surface area contributed by atoms with Crippen LogP contribution in [-0.4, -0.2) is 57.5 Å². The van der Waals surface area contributed by atoms with E-state index in [0.29, 0.717) is 24.8 Å². The second kappa shape index (κ2) is 24.2. The van der Waals surface area contributed by atoms with Crippen molar-refractivity contribution in [1.82, 2.24) is 28.7 Å². The number of hydrogen-bond donors (Lipinski definition) is 1. The molecule has 6 heterocycles. The van der Waals surface area contributed by atoms with Gasteiger partial charge in [0.2, 0.25) is 0 Å². The van der Waals surface area contributed by atoms with Crippen molar-refractivity contribution in [3.63, 3.8) is 0 Å². The molecule has 1 N–H and O–H groups in total. The number of hydrogen-bond acceptors (Lipinski definition) is 4. The Labute approximate surface area is 419 Å². The Balaban J connectivity index is 0.000000125. The average molecular weight is 978 g/mol. The molecule has 0 radical (unpaired) electrons. The third-order valence-corrected chi connectivity index (χ3v) is 16.4. The zero-order valence-electron chi connectivity index (χ0n) is 40.3. The number of aliphatic hydroxyl groups excluding tert-OH is 1. The van der Waals surface area contributed by atoms with Crippen molar-refractivity contribution in [3.05, 3.63) is 127 Å². The molecule has 2 unspecified atom stereocenters. The first-order valence-corrected chi connectivity index (χ1v) is 27.3. The predicted octanol–water partition coefficient (Wildman–Crippen LogP) is 15.3. The third-order valence-electron chi connectivity index (χ3n) is 16.4. The van der Waals surface area contributed by atoms with Gasteiger partial charge in [0, 0.05) is 34.8 Å². The molecule has 6 aliphatic rings. The van der Waals surface area contributed by atoms with Crippen LogP contribution in [-0.2, 0) is 19.3 Å². The SMILES string of the molecule is ClCCl.F[C@@H](C[C@@H]1Cc2ccccc2-c2cncn21)C1CCCCC1.F[C@H](C[C@@H]1Cc2ccccc2-c2cncn21)C1CCCCC1.OC(CC1Cc2ccccc2-c2cncn21)C1CCCCC1. The van der Waals surface area contributed by atoms with E-state index < -0.39 is 12.3 Å². The summed E-state index contributed by atoms with van der Waals surface area (Å²) >= 11 is 9.53. The fourth-order valence-corrected chi connectivity index (χ4v) is 12.8. The molecule has 0 spiro atoms. The van der Waals surface area contributed by atoms with Gasteiger partial charge in [-0.2, -0.15) is 0 Å². The molecule has 3 fully saturated rings. The molecule has 3 aliphatic heterocycles. The quantitative estimate of drug-likeness (QED) is 0.147. The van der Waals surface area contributed by atoms with Gasteiger partial charge >= 0.3 is 0 Å². The summed E-state index contributed by atoms with van der Waals surface area (Å²) in [6.07, 6.45) is 32.9. The fourth-order valence-electron chi connectivity index (χ4n) is 12.8. The van der Waals surface area contributed by atoms with Gasteiger partial charge in [0.1, 0.15) is 12.3 Å². The van der Waals surface area contributed by atoms with Gasteiger partial charge in [-0.25, -0.2) is 23.7 Å². The summed E-state index contributed by atoms with van der Waals surface area (Å²) in [5.41, 5.74) is 11.3. The van der Waals surface area contributed by atoms with Crippen LogP contribution in [0.3, 0.4) is 0 Å². The lowest BCUT2D eigenvalue weighted by atomic mass is 9.81. The number of fused-ring (bicyclic) bond motifs is 9. The molecule has 3 aliphatic carbocycles. The van der Waals surface area contributed by atoms with Crippen molar-refractivity contribution < 1.29 is 13.9 Å². The highest BCUT2D eigenvalue weighted by Gasteiger charge is 2.33. The Bertz CT molecular complexity index is 2230. The van der Waals surface area contributed by atoms with Crippen LogP contribution in [0.2, 0.25) is 0 Å². The molecule has 6 aromatic rings. The minimum atomic E-state index is -0.675. The monoisotopic (exact) mass is 977 g/mol. The van der Waals surface area contributed by atoms with Gasteiger partial charge in [0.05, 0.1) is 66.1 Å². The maximum Gasteiger partial charge on any atom is 0.105 e. The maximum atomic E-state index is 14.8. The standard InChI is InChI=1S/2C19H23FN2.C19H24N2O.CH2Cl2/c2*20-18(14-6-2-1-3-7-14)11-16-10-15-8-4-5-9-17(15)19-12-21-13-22(16)19;22-19(14-6-2-1-3-7-14)11-16-10-15-8-4-5-9-17(15)18-12-20-13-21(16)18;2-1-3/h2*4-5,8-9,12-14,16,18H,1-3,6-7,10-11H2;4-5,8-9,12-14,16,19,22H,1-3,6-7,10-11H2;1H2/t16-,18+;16-,18-;;/m00../s1. The number of benzene rings is 3. The molecule has 69 heavy (non-hydrogen) atoms. The van der Waals surface area contributed by atoms with Crippen LogP contribution in [0.15, 0.2) is 110 Å². The summed E-state index contributed by atoms with van der Waals surface area (Å²) in [5, 5.41) is 10.9. The molecule has 0 bridgehead atoms. The Morgan fingerprint density at radius 1 is 0.464 bits per heavy atom. The van der Waals surface area contributed by atoms with E-state index in [1.54, 1.807) is 0 Å². The molecule has 6 atom stereocenters. The lowest BCUT2D eigenvalue weighted by Crippen LogP contribution is -2.28. The van der Waals surface area contributed by atoms with Gasteiger partial charge in [-0.05, 0) is 111 Å². The number of rotatable bonds is 9. The van der Waals surface area contributed by atoms with E-state index in [2.05, 4.69) is 101 Å². The number of aromatic nitrogens is 6. The molecular weight excluding hydrogens is 906 g/mol. The molecule has 7 nitrogen and oxygen atoms in total. The zero-order valence-corrected chi connectivity index (χ0v) is 41.8. The van der Waals surface area contributed by atoms with E-state index in [-0.39, 0.29) is 35.4 Å². The lowest BCUT2D eigenvalue weighted by Gasteiger charge is -2.33. The van der Waals surface area contributed by atoms with Gasteiger partial charge in [-0.3, -0.25) is 0 Å². The molecule has 3 aromatic heterocycles. The lowest BCUT2D eigenvalue weighted by molar-refractivity contribution is 0.0634. The van der Waals surface area contributed by atoms with Crippen molar-refractivity contribution >= 4 is 23.2 Å². The molecule has 0 saturated heterocycles. The first-order chi connectivity index (χ1) is 33.9. The van der Waals surface area contributed by atoms with E-state index in [1.807, 2.05) is 37.6 Å². The number of imidazole rings is 3. The van der Waals surface area contributed by atoms with Crippen LogP contribution >= 0.6 is 23.2 Å². The molecule has 368 valence electrons. The van der Waals surface area contributed by atoms with Gasteiger partial charge in [0.15, 0.2) is 0 Å². The van der Waals surface area contributed by atoms with Crippen molar-refractivity contribution in [2.45, 2.75) is 171 Å². The highest BCUT2D eigenvalue weighted by atomic mass is 35.5. The Morgan fingerprint density at radius 3 is 1.12 bits per heavy atom. The summed E-state index contributed by atoms with van der Waals surface area (Å²) in [6, 6.07) is 26.3. The van der Waals surface area contributed by atoms with Crippen molar-refractivity contribution in [2.75, 3.05) is 5.34 Å². The smallest absolute Gasteiger partial charge is 0.105 e.